The van der Waals surface area contributed by atoms with Crippen LogP contribution in [0.15, 0.2) is 0 Å². The predicted octanol–water partition coefficient (Wildman–Crippen LogP) is 1.64. The number of alkyl halides is 3. The van der Waals surface area contributed by atoms with Crippen molar-refractivity contribution in [3.8, 4) is 0 Å². The lowest BCUT2D eigenvalue weighted by molar-refractivity contribution is -0.137. The molecular formula is C11H12F3N3O3S. The Morgan fingerprint density at radius 1 is 1.57 bits per heavy atom. The predicted molar refractivity (Wildman–Crippen MR) is 68.1 cm³/mol. The third-order valence-corrected chi connectivity index (χ3v) is 3.72. The lowest BCUT2D eigenvalue weighted by Crippen LogP contribution is -2.29. The van der Waals surface area contributed by atoms with Crippen molar-refractivity contribution in [3.05, 3.63) is 10.7 Å². The lowest BCUT2D eigenvalue weighted by Gasteiger charge is -2.10. The molecule has 0 unspecified atom stereocenters. The van der Waals surface area contributed by atoms with Crippen LogP contribution < -0.4 is 10.6 Å². The van der Waals surface area contributed by atoms with Gasteiger partial charge in [-0.3, -0.25) is 4.79 Å². The monoisotopic (exact) mass is 323 g/mol. The Labute approximate surface area is 121 Å². The molecule has 1 aromatic rings. The van der Waals surface area contributed by atoms with Crippen LogP contribution in [-0.4, -0.2) is 36.1 Å². The molecule has 0 spiro atoms. The average Bonchev–Trinajstić information content (AvgIpc) is 2.97. The largest absolute Gasteiger partial charge is 0.461 e. The van der Waals surface area contributed by atoms with Crippen molar-refractivity contribution in [2.45, 2.75) is 25.6 Å². The van der Waals surface area contributed by atoms with Gasteiger partial charge >= 0.3 is 12.1 Å². The van der Waals surface area contributed by atoms with E-state index in [0.717, 1.165) is 0 Å². The van der Waals surface area contributed by atoms with E-state index < -0.39 is 28.9 Å². The SMILES string of the molecule is CCOC(=O)c1nc(C(F)(F)F)sc1N[C@@H]1CCNC1=O. The van der Waals surface area contributed by atoms with Gasteiger partial charge in [-0.05, 0) is 13.3 Å². The maximum absolute atomic E-state index is 12.7. The summed E-state index contributed by atoms with van der Waals surface area (Å²) in [5, 5.41) is 3.91. The van der Waals surface area contributed by atoms with E-state index in [0.29, 0.717) is 13.0 Å². The summed E-state index contributed by atoms with van der Waals surface area (Å²) in [6.45, 7) is 1.98. The number of hydrogen-bond donors (Lipinski definition) is 2. The minimum Gasteiger partial charge on any atom is -0.461 e. The van der Waals surface area contributed by atoms with E-state index in [1.54, 1.807) is 0 Å². The fourth-order valence-electron chi connectivity index (χ4n) is 1.77. The van der Waals surface area contributed by atoms with Crippen molar-refractivity contribution in [3.63, 3.8) is 0 Å². The highest BCUT2D eigenvalue weighted by molar-refractivity contribution is 7.16. The number of esters is 1. The van der Waals surface area contributed by atoms with Crippen LogP contribution >= 0.6 is 11.3 Å². The highest BCUT2D eigenvalue weighted by atomic mass is 32.1. The van der Waals surface area contributed by atoms with Gasteiger partial charge in [0, 0.05) is 6.54 Å². The molecule has 1 atom stereocenters. The average molecular weight is 323 g/mol. The molecule has 0 aliphatic carbocycles. The maximum atomic E-state index is 12.7. The zero-order valence-corrected chi connectivity index (χ0v) is 11.7. The van der Waals surface area contributed by atoms with Crippen LogP contribution in [0.25, 0.3) is 0 Å². The first-order chi connectivity index (χ1) is 9.82. The Morgan fingerprint density at radius 3 is 2.81 bits per heavy atom. The maximum Gasteiger partial charge on any atom is 0.443 e. The van der Waals surface area contributed by atoms with E-state index in [1.165, 1.54) is 6.92 Å². The molecule has 116 valence electrons. The Morgan fingerprint density at radius 2 is 2.29 bits per heavy atom. The summed E-state index contributed by atoms with van der Waals surface area (Å²) < 4.78 is 42.8. The van der Waals surface area contributed by atoms with Crippen molar-refractivity contribution in [1.82, 2.24) is 10.3 Å². The Balaban J connectivity index is 2.30. The number of nitrogens with zero attached hydrogens (tertiary/aromatic N) is 1. The Bertz CT molecular complexity index is 559. The molecule has 2 N–H and O–H groups in total. The normalized spacial score (nSPS) is 18.5. The minimum atomic E-state index is -4.66. The first kappa shape index (κ1) is 15.5. The second-order valence-electron chi connectivity index (χ2n) is 4.19. The molecule has 2 rings (SSSR count). The molecule has 0 bridgehead atoms. The van der Waals surface area contributed by atoms with Gasteiger partial charge in [0.15, 0.2) is 5.69 Å². The molecular weight excluding hydrogens is 311 g/mol. The molecule has 1 aromatic heterocycles. The van der Waals surface area contributed by atoms with E-state index in [2.05, 4.69) is 20.4 Å². The fraction of sp³-hybridized carbons (Fsp3) is 0.545. The molecule has 1 aliphatic heterocycles. The van der Waals surface area contributed by atoms with Gasteiger partial charge in [0.25, 0.3) is 0 Å². The van der Waals surface area contributed by atoms with E-state index in [-0.39, 0.29) is 28.9 Å². The van der Waals surface area contributed by atoms with Gasteiger partial charge in [0.2, 0.25) is 10.9 Å². The van der Waals surface area contributed by atoms with Gasteiger partial charge in [-0.1, -0.05) is 11.3 Å². The van der Waals surface area contributed by atoms with Crippen LogP contribution in [-0.2, 0) is 15.7 Å². The number of carbonyl (C=O) groups excluding carboxylic acids is 2. The van der Waals surface area contributed by atoms with Crippen LogP contribution in [0.2, 0.25) is 0 Å². The zero-order valence-electron chi connectivity index (χ0n) is 10.9. The van der Waals surface area contributed by atoms with E-state index >= 15 is 0 Å². The number of rotatable bonds is 4. The van der Waals surface area contributed by atoms with Gasteiger partial charge in [-0.25, -0.2) is 9.78 Å². The number of halogens is 3. The van der Waals surface area contributed by atoms with Crippen molar-refractivity contribution < 1.29 is 27.5 Å². The first-order valence-corrected chi connectivity index (χ1v) is 6.94. The zero-order chi connectivity index (χ0) is 15.6. The number of aromatic nitrogens is 1. The lowest BCUT2D eigenvalue weighted by atomic mass is 10.2. The van der Waals surface area contributed by atoms with E-state index in [4.69, 9.17) is 0 Å². The van der Waals surface area contributed by atoms with Crippen LogP contribution in [0.3, 0.4) is 0 Å². The molecule has 1 fully saturated rings. The third kappa shape index (κ3) is 3.43. The smallest absolute Gasteiger partial charge is 0.443 e. The molecule has 1 saturated heterocycles. The van der Waals surface area contributed by atoms with Crippen LogP contribution in [0.1, 0.15) is 28.8 Å². The quantitative estimate of drug-likeness (QED) is 0.824. The highest BCUT2D eigenvalue weighted by Crippen LogP contribution is 2.37. The molecule has 1 aliphatic rings. The molecule has 0 aromatic carbocycles. The van der Waals surface area contributed by atoms with Crippen molar-refractivity contribution >= 4 is 28.2 Å². The summed E-state index contributed by atoms with van der Waals surface area (Å²) in [7, 11) is 0. The number of thiazole rings is 1. The van der Waals surface area contributed by atoms with Crippen LogP contribution in [0.5, 0.6) is 0 Å². The summed E-state index contributed by atoms with van der Waals surface area (Å²) in [6.07, 6.45) is -4.25. The van der Waals surface area contributed by atoms with Gasteiger partial charge in [0.1, 0.15) is 11.0 Å². The summed E-state index contributed by atoms with van der Waals surface area (Å²) in [6, 6.07) is -0.681. The van der Waals surface area contributed by atoms with Crippen molar-refractivity contribution in [1.29, 1.82) is 0 Å². The van der Waals surface area contributed by atoms with Gasteiger partial charge in [-0.2, -0.15) is 13.2 Å². The minimum absolute atomic E-state index is 0.0149. The summed E-state index contributed by atoms with van der Waals surface area (Å²) in [5.41, 5.74) is -0.450. The third-order valence-electron chi connectivity index (χ3n) is 2.69. The number of hydrogen-bond acceptors (Lipinski definition) is 6. The van der Waals surface area contributed by atoms with Gasteiger partial charge < -0.3 is 15.4 Å². The standard InChI is InChI=1S/C11H12F3N3O3S/c1-2-20-9(19)6-8(16-5-3-4-15-7(5)18)21-10(17-6)11(12,13)14/h5,16H,2-4H2,1H3,(H,15,18)/t5-/m1/s1. The number of nitrogens with one attached hydrogen (secondary N) is 2. The molecule has 21 heavy (non-hydrogen) atoms. The Kier molecular flexibility index (Phi) is 4.35. The highest BCUT2D eigenvalue weighted by Gasteiger charge is 2.38. The van der Waals surface area contributed by atoms with Crippen molar-refractivity contribution in [2.24, 2.45) is 0 Å². The molecule has 1 amide bonds. The first-order valence-electron chi connectivity index (χ1n) is 6.12. The number of carbonyl (C=O) groups is 2. The van der Waals surface area contributed by atoms with Crippen molar-refractivity contribution in [2.75, 3.05) is 18.5 Å². The fourth-order valence-corrected chi connectivity index (χ4v) is 2.64. The summed E-state index contributed by atoms with van der Waals surface area (Å²) >= 11 is 0.281. The van der Waals surface area contributed by atoms with Crippen LogP contribution in [0, 0.1) is 0 Å². The van der Waals surface area contributed by atoms with Gasteiger partial charge in [0.05, 0.1) is 6.61 Å². The molecule has 0 saturated carbocycles. The van der Waals surface area contributed by atoms with E-state index in [1.807, 2.05) is 0 Å². The van der Waals surface area contributed by atoms with E-state index in [9.17, 15) is 22.8 Å². The summed E-state index contributed by atoms with van der Waals surface area (Å²) in [5.74, 6) is -1.28. The van der Waals surface area contributed by atoms with Gasteiger partial charge in [-0.15, -0.1) is 0 Å². The second-order valence-corrected chi connectivity index (χ2v) is 5.19. The number of amides is 1. The van der Waals surface area contributed by atoms with Crippen LogP contribution in [0.4, 0.5) is 18.2 Å². The Hall–Kier alpha value is -1.84. The number of anilines is 1. The topological polar surface area (TPSA) is 80.3 Å². The second kappa shape index (κ2) is 5.88. The molecule has 2 heterocycles. The number of ether oxygens (including phenoxy) is 1. The molecule has 0 radical (unpaired) electrons. The summed E-state index contributed by atoms with van der Waals surface area (Å²) in [4.78, 5) is 26.4. The molecule has 6 nitrogen and oxygen atoms in total. The molecule has 10 heteroatoms.